The first-order valence-corrected chi connectivity index (χ1v) is 8.29. The predicted octanol–water partition coefficient (Wildman–Crippen LogP) is 2.28. The molecule has 2 aromatic rings. The van der Waals surface area contributed by atoms with E-state index >= 15 is 0 Å². The van der Waals surface area contributed by atoms with Gasteiger partial charge in [-0.05, 0) is 37.1 Å². The molecule has 25 heavy (non-hydrogen) atoms. The van der Waals surface area contributed by atoms with E-state index in [1.807, 2.05) is 0 Å². The third-order valence-electron chi connectivity index (χ3n) is 4.34. The average molecular weight is 345 g/mol. The Morgan fingerprint density at radius 3 is 2.60 bits per heavy atom. The minimum absolute atomic E-state index is 0.00854. The number of anilines is 1. The second-order valence-corrected chi connectivity index (χ2v) is 6.08. The van der Waals surface area contributed by atoms with Crippen LogP contribution in [-0.4, -0.2) is 52.5 Å². The number of pyridine rings is 2. The van der Waals surface area contributed by atoms with Crippen molar-refractivity contribution in [3.63, 3.8) is 0 Å². The largest absolute Gasteiger partial charge is 0.354 e. The standard InChI is InChI=1S/C17H20FN5O2/c18-15-10-14(11-19-12-15)2-1-5-21-6-8-22(9-7-21)17-4-3-16(13-20-17)23(24)25/h3-4,10-13H,1-2,5-9H2. The van der Waals surface area contributed by atoms with Crippen LogP contribution in [0.25, 0.3) is 0 Å². The van der Waals surface area contributed by atoms with Gasteiger partial charge in [-0.3, -0.25) is 20.0 Å². The average Bonchev–Trinajstić information content (AvgIpc) is 2.62. The smallest absolute Gasteiger partial charge is 0.287 e. The molecule has 1 aliphatic heterocycles. The lowest BCUT2D eigenvalue weighted by atomic mass is 10.1. The number of hydrogen-bond donors (Lipinski definition) is 0. The Hall–Kier alpha value is -2.61. The van der Waals surface area contributed by atoms with Gasteiger partial charge in [0.1, 0.15) is 17.8 Å². The van der Waals surface area contributed by atoms with E-state index in [0.717, 1.165) is 56.9 Å². The van der Waals surface area contributed by atoms with Crippen LogP contribution in [0.1, 0.15) is 12.0 Å². The fraction of sp³-hybridized carbons (Fsp3) is 0.412. The zero-order valence-corrected chi connectivity index (χ0v) is 13.8. The van der Waals surface area contributed by atoms with E-state index < -0.39 is 4.92 Å². The first kappa shape index (κ1) is 17.2. The van der Waals surface area contributed by atoms with E-state index in [9.17, 15) is 14.5 Å². The summed E-state index contributed by atoms with van der Waals surface area (Å²) in [6, 6.07) is 4.72. The molecule has 132 valence electrons. The number of nitro groups is 1. The topological polar surface area (TPSA) is 75.4 Å². The maximum Gasteiger partial charge on any atom is 0.287 e. The Morgan fingerprint density at radius 1 is 1.16 bits per heavy atom. The summed E-state index contributed by atoms with van der Waals surface area (Å²) >= 11 is 0. The minimum atomic E-state index is -0.442. The van der Waals surface area contributed by atoms with E-state index in [1.165, 1.54) is 24.5 Å². The molecule has 3 heterocycles. The Morgan fingerprint density at radius 2 is 1.96 bits per heavy atom. The van der Waals surface area contributed by atoms with Crippen LogP contribution in [0.5, 0.6) is 0 Å². The van der Waals surface area contributed by atoms with Gasteiger partial charge in [-0.2, -0.15) is 0 Å². The van der Waals surface area contributed by atoms with E-state index in [2.05, 4.69) is 19.8 Å². The van der Waals surface area contributed by atoms with Gasteiger partial charge in [-0.15, -0.1) is 0 Å². The summed E-state index contributed by atoms with van der Waals surface area (Å²) in [7, 11) is 0. The molecule has 0 radical (unpaired) electrons. The SMILES string of the molecule is O=[N+]([O-])c1ccc(N2CCN(CCCc3cncc(F)c3)CC2)nc1. The summed E-state index contributed by atoms with van der Waals surface area (Å²) in [5.74, 6) is 0.484. The van der Waals surface area contributed by atoms with E-state index in [1.54, 1.807) is 12.3 Å². The van der Waals surface area contributed by atoms with Crippen LogP contribution in [-0.2, 0) is 6.42 Å². The molecule has 0 N–H and O–H groups in total. The summed E-state index contributed by atoms with van der Waals surface area (Å²) in [5, 5.41) is 10.7. The Bertz CT molecular complexity index is 717. The summed E-state index contributed by atoms with van der Waals surface area (Å²) in [5.41, 5.74) is 0.933. The maximum atomic E-state index is 13.1. The van der Waals surface area contributed by atoms with Crippen LogP contribution in [0, 0.1) is 15.9 Å². The molecule has 3 rings (SSSR count). The summed E-state index contributed by atoms with van der Waals surface area (Å²) in [4.78, 5) is 22.8. The van der Waals surface area contributed by atoms with Crippen LogP contribution in [0.2, 0.25) is 0 Å². The second-order valence-electron chi connectivity index (χ2n) is 6.08. The lowest BCUT2D eigenvalue weighted by molar-refractivity contribution is -0.385. The van der Waals surface area contributed by atoms with Crippen molar-refractivity contribution in [1.82, 2.24) is 14.9 Å². The molecule has 8 heteroatoms. The highest BCUT2D eigenvalue weighted by atomic mass is 19.1. The lowest BCUT2D eigenvalue weighted by Gasteiger charge is -2.35. The molecule has 1 fully saturated rings. The maximum absolute atomic E-state index is 13.1. The highest BCUT2D eigenvalue weighted by Crippen LogP contribution is 2.17. The molecule has 0 amide bonds. The summed E-state index contributed by atoms with van der Waals surface area (Å²) < 4.78 is 13.1. The van der Waals surface area contributed by atoms with Crippen molar-refractivity contribution in [3.8, 4) is 0 Å². The number of aromatic nitrogens is 2. The summed E-state index contributed by atoms with van der Waals surface area (Å²) in [6.07, 6.45) is 6.00. The van der Waals surface area contributed by atoms with E-state index in [4.69, 9.17) is 0 Å². The fourth-order valence-corrected chi connectivity index (χ4v) is 2.97. The van der Waals surface area contributed by atoms with Crippen LogP contribution in [0.15, 0.2) is 36.8 Å². The highest BCUT2D eigenvalue weighted by molar-refractivity contribution is 5.43. The van der Waals surface area contributed by atoms with Crippen LogP contribution >= 0.6 is 0 Å². The molecule has 7 nitrogen and oxygen atoms in total. The first-order chi connectivity index (χ1) is 12.1. The Kier molecular flexibility index (Phi) is 5.49. The van der Waals surface area contributed by atoms with Crippen molar-refractivity contribution < 1.29 is 9.31 Å². The highest BCUT2D eigenvalue weighted by Gasteiger charge is 2.18. The van der Waals surface area contributed by atoms with Gasteiger partial charge in [0.2, 0.25) is 0 Å². The normalized spacial score (nSPS) is 15.3. The molecule has 0 bridgehead atoms. The molecule has 1 saturated heterocycles. The van der Waals surface area contributed by atoms with Gasteiger partial charge in [0.15, 0.2) is 0 Å². The Balaban J connectivity index is 1.43. The van der Waals surface area contributed by atoms with Gasteiger partial charge < -0.3 is 4.90 Å². The molecule has 0 spiro atoms. The zero-order chi connectivity index (χ0) is 17.6. The molecule has 0 saturated carbocycles. The molecule has 0 aromatic carbocycles. The van der Waals surface area contributed by atoms with Gasteiger partial charge in [0.25, 0.3) is 5.69 Å². The third kappa shape index (κ3) is 4.69. The molecular formula is C17H20FN5O2. The van der Waals surface area contributed by atoms with Gasteiger partial charge >= 0.3 is 0 Å². The number of nitrogens with zero attached hydrogens (tertiary/aromatic N) is 5. The molecular weight excluding hydrogens is 325 g/mol. The van der Waals surface area contributed by atoms with Crippen molar-refractivity contribution >= 4 is 11.5 Å². The quantitative estimate of drug-likeness (QED) is 0.591. The second kappa shape index (κ2) is 7.98. The van der Waals surface area contributed by atoms with Gasteiger partial charge in [-0.1, -0.05) is 0 Å². The van der Waals surface area contributed by atoms with Crippen molar-refractivity contribution in [2.45, 2.75) is 12.8 Å². The number of aryl methyl sites for hydroxylation is 1. The lowest BCUT2D eigenvalue weighted by Crippen LogP contribution is -2.47. The molecule has 1 aliphatic rings. The third-order valence-corrected chi connectivity index (χ3v) is 4.34. The fourth-order valence-electron chi connectivity index (χ4n) is 2.97. The van der Waals surface area contributed by atoms with Crippen LogP contribution in [0.4, 0.5) is 15.9 Å². The van der Waals surface area contributed by atoms with Crippen LogP contribution in [0.3, 0.4) is 0 Å². The summed E-state index contributed by atoms with van der Waals surface area (Å²) in [6.45, 7) is 4.47. The number of rotatable bonds is 6. The van der Waals surface area contributed by atoms with Crippen molar-refractivity contribution in [3.05, 3.63) is 58.3 Å². The van der Waals surface area contributed by atoms with Gasteiger partial charge in [-0.25, -0.2) is 9.37 Å². The monoisotopic (exact) mass is 345 g/mol. The van der Waals surface area contributed by atoms with Crippen molar-refractivity contribution in [2.75, 3.05) is 37.6 Å². The molecule has 0 atom stereocenters. The molecule has 2 aromatic heterocycles. The van der Waals surface area contributed by atoms with Crippen molar-refractivity contribution in [2.24, 2.45) is 0 Å². The first-order valence-electron chi connectivity index (χ1n) is 8.29. The zero-order valence-electron chi connectivity index (χ0n) is 13.8. The van der Waals surface area contributed by atoms with Crippen molar-refractivity contribution in [1.29, 1.82) is 0 Å². The number of hydrogen-bond acceptors (Lipinski definition) is 6. The predicted molar refractivity (Wildman–Crippen MR) is 92.1 cm³/mol. The van der Waals surface area contributed by atoms with Gasteiger partial charge in [0.05, 0.1) is 11.1 Å². The Labute approximate surface area is 145 Å². The number of piperazine rings is 1. The molecule has 0 aliphatic carbocycles. The van der Waals surface area contributed by atoms with Gasteiger partial charge in [0, 0.05) is 38.4 Å². The van der Waals surface area contributed by atoms with E-state index in [-0.39, 0.29) is 11.5 Å². The van der Waals surface area contributed by atoms with E-state index in [0.29, 0.717) is 0 Å². The molecule has 0 unspecified atom stereocenters. The number of halogens is 1. The van der Waals surface area contributed by atoms with Crippen LogP contribution < -0.4 is 4.90 Å². The minimum Gasteiger partial charge on any atom is -0.354 e.